The summed E-state index contributed by atoms with van der Waals surface area (Å²) in [6.45, 7) is 8.76. The Morgan fingerprint density at radius 1 is 1.35 bits per heavy atom. The quantitative estimate of drug-likeness (QED) is 0.845. The summed E-state index contributed by atoms with van der Waals surface area (Å²) in [6.07, 6.45) is 1.82. The summed E-state index contributed by atoms with van der Waals surface area (Å²) in [5.74, 6) is 2.14. The monoisotopic (exact) mass is 290 g/mol. The van der Waals surface area contributed by atoms with Gasteiger partial charge in [-0.2, -0.15) is 0 Å². The number of anilines is 1. The lowest BCUT2D eigenvalue weighted by atomic mass is 10.1. The van der Waals surface area contributed by atoms with Gasteiger partial charge in [-0.25, -0.2) is 0 Å². The average molecular weight is 291 g/mol. The molecule has 1 atom stereocenters. The Bertz CT molecular complexity index is 588. The summed E-state index contributed by atoms with van der Waals surface area (Å²) >= 11 is 5.92. The number of aromatic nitrogens is 3. The minimum Gasteiger partial charge on any atom is -0.348 e. The summed E-state index contributed by atoms with van der Waals surface area (Å²) in [7, 11) is 1.99. The van der Waals surface area contributed by atoms with Crippen molar-refractivity contribution < 1.29 is 0 Å². The van der Waals surface area contributed by atoms with Gasteiger partial charge in [0.05, 0.1) is 0 Å². The van der Waals surface area contributed by atoms with Crippen LogP contribution in [0.5, 0.6) is 0 Å². The molecule has 0 amide bonds. The third-order valence-electron chi connectivity index (χ3n) is 3.42. The van der Waals surface area contributed by atoms with Crippen LogP contribution in [0.1, 0.15) is 24.5 Å². The SMILES string of the molecule is C=CN(C[C@@H](C)c1nnc(C)n1C)c1ccc(Cl)cc1. The Labute approximate surface area is 124 Å². The number of rotatable bonds is 5. The summed E-state index contributed by atoms with van der Waals surface area (Å²) < 4.78 is 2.02. The molecule has 0 fully saturated rings. The summed E-state index contributed by atoms with van der Waals surface area (Å²) in [4.78, 5) is 2.09. The van der Waals surface area contributed by atoms with Gasteiger partial charge < -0.3 is 9.47 Å². The molecule has 1 aromatic carbocycles. The molecule has 1 aromatic heterocycles. The summed E-state index contributed by atoms with van der Waals surface area (Å²) in [6, 6.07) is 7.73. The maximum absolute atomic E-state index is 5.92. The normalized spacial score (nSPS) is 12.2. The van der Waals surface area contributed by atoms with Crippen LogP contribution in [0.25, 0.3) is 0 Å². The van der Waals surface area contributed by atoms with Crippen LogP contribution in [0.15, 0.2) is 37.0 Å². The molecule has 5 heteroatoms. The second-order valence-corrected chi connectivity index (χ2v) is 5.31. The lowest BCUT2D eigenvalue weighted by Gasteiger charge is -2.23. The van der Waals surface area contributed by atoms with Crippen molar-refractivity contribution in [1.82, 2.24) is 14.8 Å². The van der Waals surface area contributed by atoms with Gasteiger partial charge in [0.15, 0.2) is 0 Å². The molecular formula is C15H19ClN4. The molecule has 0 aliphatic rings. The Morgan fingerprint density at radius 3 is 2.50 bits per heavy atom. The highest BCUT2D eigenvalue weighted by Crippen LogP contribution is 2.22. The van der Waals surface area contributed by atoms with Crippen molar-refractivity contribution in [3.63, 3.8) is 0 Å². The summed E-state index contributed by atoms with van der Waals surface area (Å²) in [5, 5.41) is 9.08. The lowest BCUT2D eigenvalue weighted by Crippen LogP contribution is -2.23. The van der Waals surface area contributed by atoms with Crippen molar-refractivity contribution >= 4 is 17.3 Å². The standard InChI is InChI=1S/C15H19ClN4/c1-5-20(14-8-6-13(16)7-9-14)10-11(2)15-18-17-12(3)19(15)4/h5-9,11H,1,10H2,2-4H3/t11-/m1/s1. The lowest BCUT2D eigenvalue weighted by molar-refractivity contribution is 0.651. The molecule has 0 aliphatic carbocycles. The fourth-order valence-corrected chi connectivity index (χ4v) is 2.27. The zero-order chi connectivity index (χ0) is 14.7. The van der Waals surface area contributed by atoms with Crippen LogP contribution in [0.2, 0.25) is 5.02 Å². The van der Waals surface area contributed by atoms with E-state index in [4.69, 9.17) is 11.6 Å². The molecule has 0 saturated heterocycles. The highest BCUT2D eigenvalue weighted by Gasteiger charge is 2.16. The predicted molar refractivity (Wildman–Crippen MR) is 83.2 cm³/mol. The van der Waals surface area contributed by atoms with E-state index in [1.54, 1.807) is 0 Å². The van der Waals surface area contributed by atoms with Crippen molar-refractivity contribution in [3.05, 3.63) is 53.7 Å². The topological polar surface area (TPSA) is 34.0 Å². The van der Waals surface area contributed by atoms with Gasteiger partial charge in [-0.05, 0) is 37.4 Å². The molecule has 2 rings (SSSR count). The number of hydrogen-bond donors (Lipinski definition) is 0. The second kappa shape index (κ2) is 6.09. The van der Waals surface area contributed by atoms with E-state index in [0.717, 1.165) is 28.9 Å². The molecule has 4 nitrogen and oxygen atoms in total. The van der Waals surface area contributed by atoms with Crippen molar-refractivity contribution in [2.45, 2.75) is 19.8 Å². The van der Waals surface area contributed by atoms with Crippen molar-refractivity contribution in [3.8, 4) is 0 Å². The molecule has 2 aromatic rings. The van der Waals surface area contributed by atoms with Gasteiger partial charge in [0.1, 0.15) is 11.6 Å². The van der Waals surface area contributed by atoms with Gasteiger partial charge in [0, 0.05) is 30.2 Å². The van der Waals surface area contributed by atoms with E-state index in [9.17, 15) is 0 Å². The molecular weight excluding hydrogens is 272 g/mol. The Morgan fingerprint density at radius 2 is 2.00 bits per heavy atom. The number of hydrogen-bond acceptors (Lipinski definition) is 3. The first-order valence-corrected chi connectivity index (χ1v) is 6.91. The number of aryl methyl sites for hydroxylation is 1. The smallest absolute Gasteiger partial charge is 0.137 e. The molecule has 0 bridgehead atoms. The van der Waals surface area contributed by atoms with Crippen LogP contribution < -0.4 is 4.90 Å². The average Bonchev–Trinajstić information content (AvgIpc) is 2.77. The zero-order valence-corrected chi connectivity index (χ0v) is 12.8. The summed E-state index contributed by atoms with van der Waals surface area (Å²) in [5.41, 5.74) is 1.06. The Kier molecular flexibility index (Phi) is 4.45. The maximum Gasteiger partial charge on any atom is 0.137 e. The first kappa shape index (κ1) is 14.6. The third-order valence-corrected chi connectivity index (χ3v) is 3.67. The maximum atomic E-state index is 5.92. The van der Waals surface area contributed by atoms with Gasteiger partial charge in [-0.1, -0.05) is 25.1 Å². The van der Waals surface area contributed by atoms with Crippen LogP contribution in [0, 0.1) is 6.92 Å². The van der Waals surface area contributed by atoms with E-state index < -0.39 is 0 Å². The van der Waals surface area contributed by atoms with Gasteiger partial charge in [-0.3, -0.25) is 0 Å². The number of benzene rings is 1. The second-order valence-electron chi connectivity index (χ2n) is 4.88. The molecule has 0 radical (unpaired) electrons. The zero-order valence-electron chi connectivity index (χ0n) is 12.0. The minimum atomic E-state index is 0.245. The molecule has 1 heterocycles. The first-order valence-electron chi connectivity index (χ1n) is 6.53. The van der Waals surface area contributed by atoms with E-state index in [-0.39, 0.29) is 5.92 Å². The van der Waals surface area contributed by atoms with Crippen LogP contribution in [0.4, 0.5) is 5.69 Å². The van der Waals surface area contributed by atoms with E-state index >= 15 is 0 Å². The molecule has 0 N–H and O–H groups in total. The molecule has 0 spiro atoms. The van der Waals surface area contributed by atoms with Crippen molar-refractivity contribution in [2.24, 2.45) is 7.05 Å². The molecule has 20 heavy (non-hydrogen) atoms. The van der Waals surface area contributed by atoms with Crippen LogP contribution >= 0.6 is 11.6 Å². The highest BCUT2D eigenvalue weighted by atomic mass is 35.5. The van der Waals surface area contributed by atoms with Crippen LogP contribution in [0.3, 0.4) is 0 Å². The van der Waals surface area contributed by atoms with Gasteiger partial charge in [-0.15, -0.1) is 10.2 Å². The predicted octanol–water partition coefficient (Wildman–Crippen LogP) is 3.53. The highest BCUT2D eigenvalue weighted by molar-refractivity contribution is 6.30. The van der Waals surface area contributed by atoms with E-state index in [2.05, 4.69) is 28.6 Å². The largest absolute Gasteiger partial charge is 0.348 e. The van der Waals surface area contributed by atoms with Crippen LogP contribution in [-0.2, 0) is 7.05 Å². The molecule has 0 aliphatic heterocycles. The van der Waals surface area contributed by atoms with Crippen molar-refractivity contribution in [1.29, 1.82) is 0 Å². The fourth-order valence-electron chi connectivity index (χ4n) is 2.15. The number of nitrogens with zero attached hydrogens (tertiary/aromatic N) is 4. The Balaban J connectivity index is 2.16. The minimum absolute atomic E-state index is 0.245. The van der Waals surface area contributed by atoms with Gasteiger partial charge in [0.25, 0.3) is 0 Å². The molecule has 0 saturated carbocycles. The van der Waals surface area contributed by atoms with Crippen molar-refractivity contribution in [2.75, 3.05) is 11.4 Å². The van der Waals surface area contributed by atoms with E-state index in [1.807, 2.05) is 49.0 Å². The van der Waals surface area contributed by atoms with E-state index in [1.165, 1.54) is 0 Å². The van der Waals surface area contributed by atoms with E-state index in [0.29, 0.717) is 0 Å². The Hall–Kier alpha value is -1.81. The molecule has 106 valence electrons. The molecule has 0 unspecified atom stereocenters. The fraction of sp³-hybridized carbons (Fsp3) is 0.333. The van der Waals surface area contributed by atoms with Crippen LogP contribution in [-0.4, -0.2) is 21.3 Å². The van der Waals surface area contributed by atoms with Gasteiger partial charge in [0.2, 0.25) is 0 Å². The third kappa shape index (κ3) is 3.02. The van der Waals surface area contributed by atoms with Gasteiger partial charge >= 0.3 is 0 Å². The number of halogens is 1. The first-order chi connectivity index (χ1) is 9.52.